The molecule has 96 valence electrons. The first-order valence-electron chi connectivity index (χ1n) is 5.55. The Kier molecular flexibility index (Phi) is 4.94. The summed E-state index contributed by atoms with van der Waals surface area (Å²) >= 11 is 2.95. The minimum absolute atomic E-state index is 0.232. The van der Waals surface area contributed by atoms with Gasteiger partial charge < -0.3 is 5.32 Å². The number of thioether (sulfide) groups is 1. The quantitative estimate of drug-likeness (QED) is 0.836. The zero-order chi connectivity index (χ0) is 13.1. The fourth-order valence-corrected chi connectivity index (χ4v) is 2.98. The third-order valence-electron chi connectivity index (χ3n) is 1.98. The van der Waals surface area contributed by atoms with Gasteiger partial charge in [-0.1, -0.05) is 43.9 Å². The van der Waals surface area contributed by atoms with Crippen LogP contribution >= 0.6 is 23.1 Å². The Morgan fingerprint density at radius 2 is 2.06 bits per heavy atom. The van der Waals surface area contributed by atoms with Gasteiger partial charge in [-0.25, -0.2) is 0 Å². The molecule has 1 aromatic heterocycles. The van der Waals surface area contributed by atoms with Crippen molar-refractivity contribution in [1.82, 2.24) is 10.2 Å². The first-order chi connectivity index (χ1) is 7.79. The SMILES string of the molecule is CC(C)Nc1nnc(SCC(=O)C(C)(C)C)s1. The number of carbonyl (C=O) groups excluding carboxylic acids is 1. The van der Waals surface area contributed by atoms with Crippen LogP contribution in [0.1, 0.15) is 34.6 Å². The van der Waals surface area contributed by atoms with Gasteiger partial charge in [-0.2, -0.15) is 0 Å². The third-order valence-corrected chi connectivity index (χ3v) is 3.97. The molecule has 0 aliphatic carbocycles. The minimum atomic E-state index is -0.281. The smallest absolute Gasteiger partial charge is 0.206 e. The van der Waals surface area contributed by atoms with E-state index in [2.05, 4.69) is 29.4 Å². The predicted molar refractivity (Wildman–Crippen MR) is 73.9 cm³/mol. The summed E-state index contributed by atoms with van der Waals surface area (Å²) in [5, 5.41) is 12.1. The summed E-state index contributed by atoms with van der Waals surface area (Å²) in [5.41, 5.74) is -0.281. The molecular formula is C11H19N3OS2. The van der Waals surface area contributed by atoms with Crippen molar-refractivity contribution < 1.29 is 4.79 Å². The van der Waals surface area contributed by atoms with Crippen LogP contribution in [0.4, 0.5) is 5.13 Å². The van der Waals surface area contributed by atoms with Crippen molar-refractivity contribution in [2.45, 2.75) is 45.0 Å². The Balaban J connectivity index is 2.48. The second-order valence-corrected chi connectivity index (χ2v) is 7.33. The Labute approximate surface area is 111 Å². The number of carbonyl (C=O) groups is 1. The summed E-state index contributed by atoms with van der Waals surface area (Å²) in [6.45, 7) is 9.90. The topological polar surface area (TPSA) is 54.9 Å². The number of nitrogens with one attached hydrogen (secondary N) is 1. The highest BCUT2D eigenvalue weighted by Gasteiger charge is 2.21. The Morgan fingerprint density at radius 1 is 1.41 bits per heavy atom. The number of anilines is 1. The Morgan fingerprint density at radius 3 is 2.59 bits per heavy atom. The van der Waals surface area contributed by atoms with Crippen molar-refractivity contribution in [2.24, 2.45) is 5.41 Å². The van der Waals surface area contributed by atoms with Crippen LogP contribution in [-0.2, 0) is 4.79 Å². The molecule has 0 atom stereocenters. The molecule has 0 fully saturated rings. The van der Waals surface area contributed by atoms with E-state index in [0.29, 0.717) is 11.8 Å². The minimum Gasteiger partial charge on any atom is -0.358 e. The largest absolute Gasteiger partial charge is 0.358 e. The van der Waals surface area contributed by atoms with Gasteiger partial charge in [-0.05, 0) is 13.8 Å². The van der Waals surface area contributed by atoms with Crippen molar-refractivity contribution >= 4 is 34.0 Å². The number of hydrogen-bond donors (Lipinski definition) is 1. The number of ketones is 1. The first-order valence-corrected chi connectivity index (χ1v) is 7.35. The van der Waals surface area contributed by atoms with Gasteiger partial charge in [-0.15, -0.1) is 10.2 Å². The number of hydrogen-bond acceptors (Lipinski definition) is 6. The highest BCUT2D eigenvalue weighted by molar-refractivity contribution is 8.01. The molecule has 4 nitrogen and oxygen atoms in total. The number of Topliss-reactive ketones (excluding diaryl/α,β-unsaturated/α-hetero) is 1. The Bertz CT molecular complexity index is 382. The number of nitrogens with zero attached hydrogens (tertiary/aromatic N) is 2. The van der Waals surface area contributed by atoms with Crippen molar-refractivity contribution in [3.8, 4) is 0 Å². The molecule has 6 heteroatoms. The van der Waals surface area contributed by atoms with E-state index < -0.39 is 0 Å². The molecule has 1 aromatic rings. The molecule has 0 bridgehead atoms. The van der Waals surface area contributed by atoms with Crippen LogP contribution in [0, 0.1) is 5.41 Å². The first kappa shape index (κ1) is 14.4. The molecule has 1 N–H and O–H groups in total. The maximum absolute atomic E-state index is 11.7. The van der Waals surface area contributed by atoms with Crippen LogP contribution in [0.2, 0.25) is 0 Å². The Hall–Kier alpha value is -0.620. The average molecular weight is 273 g/mol. The van der Waals surface area contributed by atoms with Gasteiger partial charge in [0.15, 0.2) is 4.34 Å². The van der Waals surface area contributed by atoms with Crippen molar-refractivity contribution in [2.75, 3.05) is 11.1 Å². The molecule has 0 saturated heterocycles. The van der Waals surface area contributed by atoms with Crippen LogP contribution in [0.5, 0.6) is 0 Å². The summed E-state index contributed by atoms with van der Waals surface area (Å²) in [6, 6.07) is 0.344. The molecule has 0 spiro atoms. The van der Waals surface area contributed by atoms with E-state index in [-0.39, 0.29) is 11.2 Å². The molecule has 1 rings (SSSR count). The van der Waals surface area contributed by atoms with Gasteiger partial charge >= 0.3 is 0 Å². The monoisotopic (exact) mass is 273 g/mol. The second-order valence-electron chi connectivity index (χ2n) is 5.13. The lowest BCUT2D eigenvalue weighted by atomic mass is 9.92. The molecule has 0 aromatic carbocycles. The summed E-state index contributed by atoms with van der Waals surface area (Å²) in [4.78, 5) is 11.7. The van der Waals surface area contributed by atoms with E-state index in [0.717, 1.165) is 9.47 Å². The highest BCUT2D eigenvalue weighted by Crippen LogP contribution is 2.28. The molecule has 0 aliphatic heterocycles. The maximum atomic E-state index is 11.7. The number of aromatic nitrogens is 2. The predicted octanol–water partition coefficient (Wildman–Crippen LogP) is 3.07. The molecule has 0 radical (unpaired) electrons. The van der Waals surface area contributed by atoms with Gasteiger partial charge in [0.05, 0.1) is 5.75 Å². The van der Waals surface area contributed by atoms with E-state index in [9.17, 15) is 4.79 Å². The van der Waals surface area contributed by atoms with Crippen molar-refractivity contribution in [3.63, 3.8) is 0 Å². The lowest BCUT2D eigenvalue weighted by molar-refractivity contribution is -0.123. The van der Waals surface area contributed by atoms with Crippen LogP contribution in [0.15, 0.2) is 4.34 Å². The van der Waals surface area contributed by atoms with E-state index >= 15 is 0 Å². The fourth-order valence-electron chi connectivity index (χ4n) is 0.917. The molecule has 0 aliphatic rings. The molecule has 17 heavy (non-hydrogen) atoms. The lowest BCUT2D eigenvalue weighted by Crippen LogP contribution is -2.21. The summed E-state index contributed by atoms with van der Waals surface area (Å²) < 4.78 is 0.839. The lowest BCUT2D eigenvalue weighted by Gasteiger charge is -2.15. The molecular weight excluding hydrogens is 254 g/mol. The molecule has 0 amide bonds. The van der Waals surface area contributed by atoms with Crippen LogP contribution < -0.4 is 5.32 Å². The van der Waals surface area contributed by atoms with Gasteiger partial charge in [0.1, 0.15) is 5.78 Å². The van der Waals surface area contributed by atoms with Gasteiger partial charge in [0.25, 0.3) is 0 Å². The normalized spacial score (nSPS) is 11.9. The van der Waals surface area contributed by atoms with E-state index in [4.69, 9.17) is 0 Å². The third kappa shape index (κ3) is 5.04. The van der Waals surface area contributed by atoms with E-state index in [1.165, 1.54) is 23.1 Å². The van der Waals surface area contributed by atoms with Gasteiger partial charge in [-0.3, -0.25) is 4.79 Å². The maximum Gasteiger partial charge on any atom is 0.206 e. The summed E-state index contributed by atoms with van der Waals surface area (Å²) in [6.07, 6.45) is 0. The summed E-state index contributed by atoms with van der Waals surface area (Å²) in [5.74, 6) is 0.691. The van der Waals surface area contributed by atoms with Crippen LogP contribution in [-0.4, -0.2) is 27.8 Å². The van der Waals surface area contributed by atoms with Crippen LogP contribution in [0.3, 0.4) is 0 Å². The van der Waals surface area contributed by atoms with Gasteiger partial charge in [0.2, 0.25) is 5.13 Å². The zero-order valence-electron chi connectivity index (χ0n) is 10.9. The van der Waals surface area contributed by atoms with Crippen molar-refractivity contribution in [3.05, 3.63) is 0 Å². The second kappa shape index (κ2) is 5.82. The highest BCUT2D eigenvalue weighted by atomic mass is 32.2. The number of rotatable bonds is 5. The van der Waals surface area contributed by atoms with Gasteiger partial charge in [0, 0.05) is 11.5 Å². The fraction of sp³-hybridized carbons (Fsp3) is 0.727. The molecule has 0 unspecified atom stereocenters. The summed E-state index contributed by atoms with van der Waals surface area (Å²) in [7, 11) is 0. The van der Waals surface area contributed by atoms with Crippen LogP contribution in [0.25, 0.3) is 0 Å². The average Bonchev–Trinajstić information content (AvgIpc) is 2.59. The molecule has 0 saturated carbocycles. The molecule has 1 heterocycles. The standard InChI is InChI=1S/C11H19N3OS2/c1-7(2)12-9-13-14-10(17-9)16-6-8(15)11(3,4)5/h7H,6H2,1-5H3,(H,12,13). The zero-order valence-corrected chi connectivity index (χ0v) is 12.5. The van der Waals surface area contributed by atoms with Crippen molar-refractivity contribution in [1.29, 1.82) is 0 Å². The van der Waals surface area contributed by atoms with E-state index in [1.54, 1.807) is 0 Å². The van der Waals surface area contributed by atoms with E-state index in [1.807, 2.05) is 20.8 Å².